The van der Waals surface area contributed by atoms with Crippen molar-refractivity contribution in [2.45, 2.75) is 24.8 Å². The van der Waals surface area contributed by atoms with Crippen LogP contribution in [-0.4, -0.2) is 13.3 Å². The largest absolute Gasteiger partial charge is 0.309 e. The van der Waals surface area contributed by atoms with Crippen LogP contribution < -0.4 is 5.32 Å². The maximum absolute atomic E-state index is 13.5. The fraction of sp³-hybridized carbons (Fsp3) is 0.294. The van der Waals surface area contributed by atoms with Crippen molar-refractivity contribution in [2.24, 2.45) is 0 Å². The number of thioether (sulfide) groups is 1. The molecule has 1 N–H and O–H groups in total. The Labute approximate surface area is 124 Å². The Morgan fingerprint density at radius 3 is 2.05 bits per heavy atom. The van der Waals surface area contributed by atoms with Crippen LogP contribution in [0.2, 0.25) is 0 Å². The van der Waals surface area contributed by atoms with Crippen LogP contribution in [0.3, 0.4) is 0 Å². The molecule has 1 atom stereocenters. The predicted molar refractivity (Wildman–Crippen MR) is 85.0 cm³/mol. The minimum Gasteiger partial charge on any atom is -0.309 e. The molecule has 1 nitrogen and oxygen atoms in total. The summed E-state index contributed by atoms with van der Waals surface area (Å²) in [6, 6.07) is 11.8. The number of nitrogens with one attached hydrogen (secondary N) is 1. The van der Waals surface area contributed by atoms with Gasteiger partial charge in [0.15, 0.2) is 0 Å². The third-order valence-electron chi connectivity index (χ3n) is 3.58. The van der Waals surface area contributed by atoms with Crippen LogP contribution >= 0.6 is 11.8 Å². The molecule has 0 heterocycles. The van der Waals surface area contributed by atoms with Crippen LogP contribution in [0.4, 0.5) is 4.39 Å². The first-order valence-electron chi connectivity index (χ1n) is 6.64. The first kappa shape index (κ1) is 15.1. The molecular weight excluding hydrogens is 269 g/mol. The van der Waals surface area contributed by atoms with Gasteiger partial charge in [0, 0.05) is 4.90 Å². The highest BCUT2D eigenvalue weighted by atomic mass is 32.2. The molecule has 0 radical (unpaired) electrons. The maximum atomic E-state index is 13.5. The van der Waals surface area contributed by atoms with Gasteiger partial charge in [-0.1, -0.05) is 12.1 Å². The average Bonchev–Trinajstić information content (AvgIpc) is 2.43. The van der Waals surface area contributed by atoms with Gasteiger partial charge in [0.25, 0.3) is 0 Å². The lowest BCUT2D eigenvalue weighted by atomic mass is 9.91. The van der Waals surface area contributed by atoms with Crippen molar-refractivity contribution in [2.75, 3.05) is 13.3 Å². The second-order valence-corrected chi connectivity index (χ2v) is 5.83. The fourth-order valence-corrected chi connectivity index (χ4v) is 3.06. The summed E-state index contributed by atoms with van der Waals surface area (Å²) in [6.07, 6.45) is 2.07. The molecule has 0 aliphatic carbocycles. The van der Waals surface area contributed by atoms with Crippen LogP contribution in [-0.2, 0) is 0 Å². The minimum atomic E-state index is -0.170. The van der Waals surface area contributed by atoms with Gasteiger partial charge < -0.3 is 5.32 Å². The maximum Gasteiger partial charge on any atom is 0.123 e. The molecule has 106 valence electrons. The molecule has 0 spiro atoms. The van der Waals surface area contributed by atoms with Gasteiger partial charge in [-0.15, -0.1) is 11.8 Å². The number of hydrogen-bond donors (Lipinski definition) is 1. The third kappa shape index (κ3) is 3.05. The van der Waals surface area contributed by atoms with E-state index < -0.39 is 0 Å². The zero-order valence-electron chi connectivity index (χ0n) is 12.3. The molecule has 0 saturated carbocycles. The summed E-state index contributed by atoms with van der Waals surface area (Å²) in [4.78, 5) is 1.25. The second kappa shape index (κ2) is 6.42. The normalized spacial score (nSPS) is 12.4. The van der Waals surface area contributed by atoms with E-state index in [-0.39, 0.29) is 11.9 Å². The molecule has 2 aromatic carbocycles. The second-order valence-electron chi connectivity index (χ2n) is 4.95. The monoisotopic (exact) mass is 289 g/mol. The Balaban J connectivity index is 2.46. The molecule has 3 heteroatoms. The van der Waals surface area contributed by atoms with Gasteiger partial charge in [-0.3, -0.25) is 0 Å². The number of hydrogen-bond acceptors (Lipinski definition) is 2. The topological polar surface area (TPSA) is 12.0 Å². The lowest BCUT2D eigenvalue weighted by Crippen LogP contribution is -2.20. The molecule has 0 fully saturated rings. The highest BCUT2D eigenvalue weighted by Crippen LogP contribution is 2.29. The first-order valence-corrected chi connectivity index (χ1v) is 7.87. The van der Waals surface area contributed by atoms with E-state index in [1.165, 1.54) is 10.5 Å². The van der Waals surface area contributed by atoms with Crippen molar-refractivity contribution in [1.82, 2.24) is 5.32 Å². The Kier molecular flexibility index (Phi) is 4.84. The van der Waals surface area contributed by atoms with E-state index in [1.807, 2.05) is 20.9 Å². The van der Waals surface area contributed by atoms with Crippen LogP contribution in [0.1, 0.15) is 28.3 Å². The molecule has 0 amide bonds. The lowest BCUT2D eigenvalue weighted by molar-refractivity contribution is 0.618. The van der Waals surface area contributed by atoms with E-state index in [4.69, 9.17) is 0 Å². The molecule has 1 unspecified atom stereocenters. The van der Waals surface area contributed by atoms with Gasteiger partial charge in [0.1, 0.15) is 5.82 Å². The van der Waals surface area contributed by atoms with Crippen molar-refractivity contribution < 1.29 is 4.39 Å². The highest BCUT2D eigenvalue weighted by Gasteiger charge is 2.17. The van der Waals surface area contributed by atoms with Crippen LogP contribution in [0.15, 0.2) is 41.3 Å². The molecular formula is C17H20FNS. The van der Waals surface area contributed by atoms with Gasteiger partial charge in [-0.25, -0.2) is 4.39 Å². The van der Waals surface area contributed by atoms with E-state index in [0.717, 1.165) is 16.7 Å². The zero-order valence-corrected chi connectivity index (χ0v) is 13.1. The Bertz CT molecular complexity index is 569. The summed E-state index contributed by atoms with van der Waals surface area (Å²) < 4.78 is 13.5. The SMILES string of the molecule is CNC(c1ccc(SC)cc1)c1c(C)cc(F)cc1C. The molecule has 0 bridgehead atoms. The summed E-state index contributed by atoms with van der Waals surface area (Å²) in [5.41, 5.74) is 4.32. The van der Waals surface area contributed by atoms with Crippen molar-refractivity contribution in [1.29, 1.82) is 0 Å². The van der Waals surface area contributed by atoms with E-state index >= 15 is 0 Å². The molecule has 2 aromatic rings. The summed E-state index contributed by atoms with van der Waals surface area (Å²) in [5.74, 6) is -0.170. The minimum absolute atomic E-state index is 0.0894. The number of halogens is 1. The standard InChI is InChI=1S/C17H20FNS/c1-11-9-14(18)10-12(2)16(11)17(19-3)13-5-7-15(20-4)8-6-13/h5-10,17,19H,1-4H3. The molecule has 0 aliphatic rings. The summed E-state index contributed by atoms with van der Waals surface area (Å²) in [5, 5.41) is 3.34. The van der Waals surface area contributed by atoms with E-state index in [1.54, 1.807) is 23.9 Å². The molecule has 2 rings (SSSR count). The predicted octanol–water partition coefficient (Wildman–Crippen LogP) is 4.47. The number of benzene rings is 2. The van der Waals surface area contributed by atoms with Gasteiger partial charge in [0.2, 0.25) is 0 Å². The molecule has 20 heavy (non-hydrogen) atoms. The van der Waals surface area contributed by atoms with Crippen LogP contribution in [0.25, 0.3) is 0 Å². The van der Waals surface area contributed by atoms with Gasteiger partial charge in [-0.2, -0.15) is 0 Å². The van der Waals surface area contributed by atoms with Gasteiger partial charge in [0.05, 0.1) is 6.04 Å². The summed E-state index contributed by atoms with van der Waals surface area (Å²) >= 11 is 1.73. The fourth-order valence-electron chi connectivity index (χ4n) is 2.65. The molecule has 0 aliphatic heterocycles. The molecule has 0 saturated heterocycles. The average molecular weight is 289 g/mol. The first-order chi connectivity index (χ1) is 9.56. The number of aryl methyl sites for hydroxylation is 2. The van der Waals surface area contributed by atoms with Crippen molar-refractivity contribution in [3.05, 3.63) is 64.5 Å². The molecule has 0 aromatic heterocycles. The van der Waals surface area contributed by atoms with E-state index in [2.05, 4.69) is 35.8 Å². The van der Waals surface area contributed by atoms with Gasteiger partial charge >= 0.3 is 0 Å². The Morgan fingerprint density at radius 2 is 1.60 bits per heavy atom. The zero-order chi connectivity index (χ0) is 14.7. The third-order valence-corrected chi connectivity index (χ3v) is 4.33. The van der Waals surface area contributed by atoms with E-state index in [9.17, 15) is 4.39 Å². The quantitative estimate of drug-likeness (QED) is 0.833. The smallest absolute Gasteiger partial charge is 0.123 e. The number of rotatable bonds is 4. The summed E-state index contributed by atoms with van der Waals surface area (Å²) in [7, 11) is 1.94. The van der Waals surface area contributed by atoms with Crippen molar-refractivity contribution in [3.8, 4) is 0 Å². The van der Waals surface area contributed by atoms with Crippen molar-refractivity contribution >= 4 is 11.8 Å². The Hall–Kier alpha value is -1.32. The summed E-state index contributed by atoms with van der Waals surface area (Å²) in [6.45, 7) is 3.93. The van der Waals surface area contributed by atoms with Crippen molar-refractivity contribution in [3.63, 3.8) is 0 Å². The highest BCUT2D eigenvalue weighted by molar-refractivity contribution is 7.98. The van der Waals surface area contributed by atoms with Crippen LogP contribution in [0, 0.1) is 19.7 Å². The van der Waals surface area contributed by atoms with E-state index in [0.29, 0.717) is 0 Å². The van der Waals surface area contributed by atoms with Crippen LogP contribution in [0.5, 0.6) is 0 Å². The Morgan fingerprint density at radius 1 is 1.05 bits per heavy atom. The van der Waals surface area contributed by atoms with Gasteiger partial charge in [-0.05, 0) is 73.7 Å². The lowest BCUT2D eigenvalue weighted by Gasteiger charge is -2.22.